The number of carbonyl (C=O) groups is 1. The summed E-state index contributed by atoms with van der Waals surface area (Å²) in [4.78, 5) is 12.1. The van der Waals surface area contributed by atoms with Crippen LogP contribution in [0, 0.1) is 6.92 Å². The van der Waals surface area contributed by atoms with Crippen molar-refractivity contribution in [2.45, 2.75) is 32.2 Å². The third-order valence-electron chi connectivity index (χ3n) is 4.74. The molecule has 0 radical (unpaired) electrons. The van der Waals surface area contributed by atoms with Crippen LogP contribution in [-0.2, 0) is 19.3 Å². The molecule has 26 heavy (non-hydrogen) atoms. The molecule has 0 aromatic heterocycles. The lowest BCUT2D eigenvalue weighted by Crippen LogP contribution is -2.45. The molecule has 5 nitrogen and oxygen atoms in total. The van der Waals surface area contributed by atoms with E-state index in [1.807, 2.05) is 43.3 Å². The molecular formula is C21H26N2O3. The lowest BCUT2D eigenvalue weighted by Gasteiger charge is -2.18. The minimum absolute atomic E-state index is 0.0907. The smallest absolute Gasteiger partial charge is 0.315 e. The second-order valence-electron chi connectivity index (χ2n) is 6.70. The van der Waals surface area contributed by atoms with Gasteiger partial charge in [0.15, 0.2) is 0 Å². The van der Waals surface area contributed by atoms with Gasteiger partial charge in [0.05, 0.1) is 19.3 Å². The lowest BCUT2D eigenvalue weighted by molar-refractivity contribution is 0.216. The fourth-order valence-corrected chi connectivity index (χ4v) is 3.22. The first kappa shape index (κ1) is 18.3. The SMILES string of the molecule is Cc1ccccc1C[C@H](CO)NC(=O)NCCc1ccc2c(c1)CCO2. The van der Waals surface area contributed by atoms with Gasteiger partial charge in [-0.2, -0.15) is 0 Å². The Labute approximate surface area is 154 Å². The van der Waals surface area contributed by atoms with E-state index >= 15 is 0 Å². The predicted octanol–water partition coefficient (Wildman–Crippen LogP) is 2.38. The molecule has 138 valence electrons. The number of aryl methyl sites for hydroxylation is 1. The zero-order valence-corrected chi connectivity index (χ0v) is 15.1. The zero-order valence-electron chi connectivity index (χ0n) is 15.1. The Morgan fingerprint density at radius 2 is 2.12 bits per heavy atom. The van der Waals surface area contributed by atoms with Gasteiger partial charge in [0.25, 0.3) is 0 Å². The first-order valence-electron chi connectivity index (χ1n) is 9.10. The highest BCUT2D eigenvalue weighted by atomic mass is 16.5. The quantitative estimate of drug-likeness (QED) is 0.715. The van der Waals surface area contributed by atoms with Gasteiger partial charge in [-0.05, 0) is 48.1 Å². The molecule has 0 aliphatic carbocycles. The minimum atomic E-state index is -0.298. The number of benzene rings is 2. The van der Waals surface area contributed by atoms with Gasteiger partial charge in [0.1, 0.15) is 5.75 Å². The summed E-state index contributed by atoms with van der Waals surface area (Å²) in [5.41, 5.74) is 4.72. The Bertz CT molecular complexity index is 761. The minimum Gasteiger partial charge on any atom is -0.493 e. The van der Waals surface area contributed by atoms with Crippen LogP contribution >= 0.6 is 0 Å². The first-order chi connectivity index (χ1) is 12.7. The number of hydrogen-bond donors (Lipinski definition) is 3. The molecule has 0 spiro atoms. The van der Waals surface area contributed by atoms with E-state index in [-0.39, 0.29) is 18.7 Å². The van der Waals surface area contributed by atoms with Crippen molar-refractivity contribution in [1.82, 2.24) is 10.6 Å². The molecule has 0 bridgehead atoms. The number of rotatable bonds is 7. The Balaban J connectivity index is 1.45. The summed E-state index contributed by atoms with van der Waals surface area (Å²) in [5.74, 6) is 0.974. The van der Waals surface area contributed by atoms with Crippen molar-refractivity contribution in [1.29, 1.82) is 0 Å². The fourth-order valence-electron chi connectivity index (χ4n) is 3.22. The van der Waals surface area contributed by atoms with Crippen LogP contribution in [-0.4, -0.2) is 36.9 Å². The van der Waals surface area contributed by atoms with E-state index in [0.29, 0.717) is 13.0 Å². The van der Waals surface area contributed by atoms with Crippen molar-refractivity contribution in [2.75, 3.05) is 19.8 Å². The summed E-state index contributed by atoms with van der Waals surface area (Å²) in [6.45, 7) is 3.24. The maximum atomic E-state index is 12.1. The summed E-state index contributed by atoms with van der Waals surface area (Å²) in [6, 6.07) is 13.7. The third kappa shape index (κ3) is 4.76. The average Bonchev–Trinajstić information content (AvgIpc) is 3.10. The van der Waals surface area contributed by atoms with Gasteiger partial charge in [-0.25, -0.2) is 4.79 Å². The van der Waals surface area contributed by atoms with E-state index in [0.717, 1.165) is 36.3 Å². The average molecular weight is 354 g/mol. The summed E-state index contributed by atoms with van der Waals surface area (Å²) in [5, 5.41) is 15.3. The molecule has 1 heterocycles. The van der Waals surface area contributed by atoms with Gasteiger partial charge < -0.3 is 20.5 Å². The molecule has 0 fully saturated rings. The summed E-state index contributed by atoms with van der Waals surface area (Å²) in [7, 11) is 0. The molecule has 1 aliphatic heterocycles. The molecule has 1 aliphatic rings. The maximum absolute atomic E-state index is 12.1. The molecule has 2 aromatic carbocycles. The predicted molar refractivity (Wildman–Crippen MR) is 102 cm³/mol. The summed E-state index contributed by atoms with van der Waals surface area (Å²) < 4.78 is 5.51. The third-order valence-corrected chi connectivity index (χ3v) is 4.74. The Kier molecular flexibility index (Phi) is 6.12. The molecule has 3 N–H and O–H groups in total. The van der Waals surface area contributed by atoms with E-state index in [1.54, 1.807) is 0 Å². The van der Waals surface area contributed by atoms with Crippen molar-refractivity contribution in [3.8, 4) is 5.75 Å². The fraction of sp³-hybridized carbons (Fsp3) is 0.381. The van der Waals surface area contributed by atoms with E-state index in [1.165, 1.54) is 11.1 Å². The number of aliphatic hydroxyl groups excluding tert-OH is 1. The van der Waals surface area contributed by atoms with Crippen molar-refractivity contribution in [3.05, 3.63) is 64.7 Å². The van der Waals surface area contributed by atoms with Crippen LogP contribution < -0.4 is 15.4 Å². The van der Waals surface area contributed by atoms with E-state index in [9.17, 15) is 9.90 Å². The van der Waals surface area contributed by atoms with Gasteiger partial charge in [0.2, 0.25) is 0 Å². The standard InChI is InChI=1S/C21H26N2O3/c1-15-4-2-3-5-17(15)13-19(14-24)23-21(25)22-10-8-16-6-7-20-18(12-16)9-11-26-20/h2-7,12,19,24H,8-11,13-14H2,1H3,(H2,22,23,25)/t19-/m1/s1. The van der Waals surface area contributed by atoms with Crippen molar-refractivity contribution in [2.24, 2.45) is 0 Å². The maximum Gasteiger partial charge on any atom is 0.315 e. The van der Waals surface area contributed by atoms with E-state index < -0.39 is 0 Å². The van der Waals surface area contributed by atoms with Crippen molar-refractivity contribution in [3.63, 3.8) is 0 Å². The van der Waals surface area contributed by atoms with Gasteiger partial charge in [0, 0.05) is 13.0 Å². The Morgan fingerprint density at radius 3 is 2.92 bits per heavy atom. The molecule has 2 amide bonds. The number of urea groups is 1. The number of nitrogens with one attached hydrogen (secondary N) is 2. The molecular weight excluding hydrogens is 328 g/mol. The summed E-state index contributed by atoms with van der Waals surface area (Å²) >= 11 is 0. The van der Waals surface area contributed by atoms with Crippen molar-refractivity contribution < 1.29 is 14.6 Å². The highest BCUT2D eigenvalue weighted by molar-refractivity contribution is 5.74. The van der Waals surface area contributed by atoms with Crippen molar-refractivity contribution >= 4 is 6.03 Å². The number of fused-ring (bicyclic) bond motifs is 1. The van der Waals surface area contributed by atoms with Crippen LogP contribution in [0.1, 0.15) is 22.3 Å². The molecule has 3 rings (SSSR count). The van der Waals surface area contributed by atoms with Gasteiger partial charge in [-0.3, -0.25) is 0 Å². The molecule has 0 saturated carbocycles. The monoisotopic (exact) mass is 354 g/mol. The Morgan fingerprint density at radius 1 is 1.27 bits per heavy atom. The van der Waals surface area contributed by atoms with Crippen LogP contribution in [0.4, 0.5) is 4.79 Å². The molecule has 0 unspecified atom stereocenters. The largest absolute Gasteiger partial charge is 0.493 e. The Hall–Kier alpha value is -2.53. The highest BCUT2D eigenvalue weighted by Gasteiger charge is 2.14. The van der Waals surface area contributed by atoms with Gasteiger partial charge >= 0.3 is 6.03 Å². The highest BCUT2D eigenvalue weighted by Crippen LogP contribution is 2.25. The van der Waals surface area contributed by atoms with Gasteiger partial charge in [-0.15, -0.1) is 0 Å². The second kappa shape index (κ2) is 8.72. The van der Waals surface area contributed by atoms with Crippen LogP contribution in [0.5, 0.6) is 5.75 Å². The van der Waals surface area contributed by atoms with Crippen LogP contribution in [0.3, 0.4) is 0 Å². The summed E-state index contributed by atoms with van der Waals surface area (Å²) in [6.07, 6.45) is 2.33. The lowest BCUT2D eigenvalue weighted by atomic mass is 10.0. The molecule has 1 atom stereocenters. The van der Waals surface area contributed by atoms with E-state index in [4.69, 9.17) is 4.74 Å². The topological polar surface area (TPSA) is 70.6 Å². The van der Waals surface area contributed by atoms with Crippen LogP contribution in [0.15, 0.2) is 42.5 Å². The molecule has 0 saturated heterocycles. The number of hydrogen-bond acceptors (Lipinski definition) is 3. The number of carbonyl (C=O) groups excluding carboxylic acids is 1. The number of amides is 2. The zero-order chi connectivity index (χ0) is 18.4. The van der Waals surface area contributed by atoms with E-state index in [2.05, 4.69) is 16.7 Å². The van der Waals surface area contributed by atoms with Gasteiger partial charge in [-0.1, -0.05) is 36.4 Å². The normalized spacial score (nSPS) is 13.6. The second-order valence-corrected chi connectivity index (χ2v) is 6.70. The first-order valence-corrected chi connectivity index (χ1v) is 9.10. The van der Waals surface area contributed by atoms with Crippen LogP contribution in [0.2, 0.25) is 0 Å². The van der Waals surface area contributed by atoms with Crippen LogP contribution in [0.25, 0.3) is 0 Å². The molecule has 5 heteroatoms. The number of ether oxygens (including phenoxy) is 1. The number of aliphatic hydroxyl groups is 1. The molecule has 2 aromatic rings.